The lowest BCUT2D eigenvalue weighted by molar-refractivity contribution is 0.385. The van der Waals surface area contributed by atoms with Crippen LogP contribution in [0, 0.1) is 0 Å². The number of unbranched alkanes of at least 4 members (excludes halogenated alkanes) is 1. The van der Waals surface area contributed by atoms with Crippen LogP contribution in [0.25, 0.3) is 0 Å². The van der Waals surface area contributed by atoms with E-state index in [1.165, 1.54) is 37.8 Å². The molecule has 0 fully saturated rings. The third kappa shape index (κ3) is 6.06. The Bertz CT molecular complexity index is 168. The third-order valence-electron chi connectivity index (χ3n) is 2.52. The van der Waals surface area contributed by atoms with Gasteiger partial charge in [0.05, 0.1) is 0 Å². The smallest absolute Gasteiger partial charge is 0.0314 e. The van der Waals surface area contributed by atoms with Gasteiger partial charge in [-0.2, -0.15) is 0 Å². The monoisotopic (exact) mass is 197 g/mol. The van der Waals surface area contributed by atoms with Crippen molar-refractivity contribution in [3.8, 4) is 0 Å². The first-order valence-electron chi connectivity index (χ1n) is 5.99. The van der Waals surface area contributed by atoms with Gasteiger partial charge in [0.2, 0.25) is 0 Å². The molecule has 0 amide bonds. The number of hydrogen-bond acceptors (Lipinski definition) is 1. The molecule has 0 aliphatic carbocycles. The van der Waals surface area contributed by atoms with Crippen molar-refractivity contribution < 1.29 is 0 Å². The minimum atomic E-state index is 0.254. The third-order valence-corrected chi connectivity index (χ3v) is 2.52. The Morgan fingerprint density at radius 2 is 1.86 bits per heavy atom. The first-order valence-corrected chi connectivity index (χ1v) is 5.99. The SMILES string of the molecule is C/C=C(\CCCC)NC(C)(C)CCC. The van der Waals surface area contributed by atoms with Crippen molar-refractivity contribution >= 4 is 0 Å². The maximum absolute atomic E-state index is 3.64. The van der Waals surface area contributed by atoms with Gasteiger partial charge in [0.25, 0.3) is 0 Å². The average molecular weight is 197 g/mol. The molecule has 0 unspecified atom stereocenters. The van der Waals surface area contributed by atoms with Crippen molar-refractivity contribution in [2.45, 2.75) is 72.3 Å². The molecular formula is C13H27N. The van der Waals surface area contributed by atoms with Gasteiger partial charge in [-0.15, -0.1) is 0 Å². The molecule has 0 saturated heterocycles. The highest BCUT2D eigenvalue weighted by Crippen LogP contribution is 2.15. The summed E-state index contributed by atoms with van der Waals surface area (Å²) in [6, 6.07) is 0. The Morgan fingerprint density at radius 3 is 2.29 bits per heavy atom. The first kappa shape index (κ1) is 13.5. The molecule has 0 aliphatic heterocycles. The molecule has 0 bridgehead atoms. The summed E-state index contributed by atoms with van der Waals surface area (Å²) >= 11 is 0. The minimum Gasteiger partial charge on any atom is -0.384 e. The van der Waals surface area contributed by atoms with Gasteiger partial charge in [0.1, 0.15) is 0 Å². The van der Waals surface area contributed by atoms with Crippen LogP contribution in [0.1, 0.15) is 66.7 Å². The van der Waals surface area contributed by atoms with E-state index >= 15 is 0 Å². The lowest BCUT2D eigenvalue weighted by atomic mass is 9.98. The molecule has 0 saturated carbocycles. The van der Waals surface area contributed by atoms with Gasteiger partial charge in [-0.25, -0.2) is 0 Å². The summed E-state index contributed by atoms with van der Waals surface area (Å²) in [4.78, 5) is 0. The molecular weight excluding hydrogens is 170 g/mol. The molecule has 1 heteroatoms. The molecule has 0 aromatic rings. The van der Waals surface area contributed by atoms with Gasteiger partial charge in [-0.05, 0) is 40.0 Å². The van der Waals surface area contributed by atoms with E-state index in [0.717, 1.165) is 0 Å². The van der Waals surface area contributed by atoms with E-state index in [4.69, 9.17) is 0 Å². The Balaban J connectivity index is 4.04. The Labute approximate surface area is 90.0 Å². The zero-order valence-corrected chi connectivity index (χ0v) is 10.6. The molecule has 0 rings (SSSR count). The van der Waals surface area contributed by atoms with Crippen LogP contribution >= 0.6 is 0 Å². The summed E-state index contributed by atoms with van der Waals surface area (Å²) < 4.78 is 0. The summed E-state index contributed by atoms with van der Waals surface area (Å²) in [5.41, 5.74) is 1.66. The number of allylic oxidation sites excluding steroid dienone is 2. The van der Waals surface area contributed by atoms with E-state index in [2.05, 4.69) is 46.0 Å². The first-order chi connectivity index (χ1) is 6.55. The van der Waals surface area contributed by atoms with Crippen molar-refractivity contribution in [2.75, 3.05) is 0 Å². The highest BCUT2D eigenvalue weighted by Gasteiger charge is 2.16. The van der Waals surface area contributed by atoms with E-state index in [0.29, 0.717) is 0 Å². The average Bonchev–Trinajstić information content (AvgIpc) is 2.12. The van der Waals surface area contributed by atoms with E-state index in [1.54, 1.807) is 0 Å². The highest BCUT2D eigenvalue weighted by atomic mass is 15.0. The van der Waals surface area contributed by atoms with E-state index in [9.17, 15) is 0 Å². The summed E-state index contributed by atoms with van der Waals surface area (Å²) in [7, 11) is 0. The van der Waals surface area contributed by atoms with Crippen molar-refractivity contribution in [2.24, 2.45) is 0 Å². The van der Waals surface area contributed by atoms with Gasteiger partial charge in [0, 0.05) is 11.2 Å². The van der Waals surface area contributed by atoms with Crippen LogP contribution in [0.15, 0.2) is 11.8 Å². The molecule has 0 aromatic carbocycles. The predicted molar refractivity (Wildman–Crippen MR) is 65.4 cm³/mol. The standard InChI is InChI=1S/C13H27N/c1-6-9-10-12(8-3)14-13(4,5)11-7-2/h8,14H,6-7,9-11H2,1-5H3/b12-8+. The quantitative estimate of drug-likeness (QED) is 0.643. The van der Waals surface area contributed by atoms with Gasteiger partial charge < -0.3 is 5.32 Å². The molecule has 1 N–H and O–H groups in total. The lowest BCUT2D eigenvalue weighted by Crippen LogP contribution is -2.38. The topological polar surface area (TPSA) is 12.0 Å². The summed E-state index contributed by atoms with van der Waals surface area (Å²) in [6.07, 6.45) is 8.44. The Kier molecular flexibility index (Phi) is 6.69. The zero-order valence-electron chi connectivity index (χ0n) is 10.6. The van der Waals surface area contributed by atoms with Crippen molar-refractivity contribution in [3.63, 3.8) is 0 Å². The van der Waals surface area contributed by atoms with Crippen molar-refractivity contribution in [1.29, 1.82) is 0 Å². The predicted octanol–water partition coefficient (Wildman–Crippen LogP) is 4.25. The Morgan fingerprint density at radius 1 is 1.21 bits per heavy atom. The molecule has 0 atom stereocenters. The molecule has 0 heterocycles. The summed E-state index contributed by atoms with van der Waals surface area (Å²) in [6.45, 7) is 11.2. The van der Waals surface area contributed by atoms with E-state index in [1.807, 2.05) is 0 Å². The van der Waals surface area contributed by atoms with Crippen LogP contribution in [0.5, 0.6) is 0 Å². The molecule has 14 heavy (non-hydrogen) atoms. The molecule has 1 nitrogen and oxygen atoms in total. The highest BCUT2D eigenvalue weighted by molar-refractivity contribution is 5.02. The largest absolute Gasteiger partial charge is 0.384 e. The molecule has 0 aliphatic rings. The van der Waals surface area contributed by atoms with Gasteiger partial charge >= 0.3 is 0 Å². The van der Waals surface area contributed by atoms with Crippen molar-refractivity contribution in [1.82, 2.24) is 5.32 Å². The second-order valence-electron chi connectivity index (χ2n) is 4.68. The van der Waals surface area contributed by atoms with Crippen LogP contribution in [0.2, 0.25) is 0 Å². The summed E-state index contributed by atoms with van der Waals surface area (Å²) in [5.74, 6) is 0. The number of rotatable bonds is 7. The van der Waals surface area contributed by atoms with Crippen molar-refractivity contribution in [3.05, 3.63) is 11.8 Å². The van der Waals surface area contributed by atoms with Crippen LogP contribution in [0.4, 0.5) is 0 Å². The normalized spacial score (nSPS) is 13.1. The molecule has 0 radical (unpaired) electrons. The minimum absolute atomic E-state index is 0.254. The van der Waals surface area contributed by atoms with Crippen LogP contribution in [-0.2, 0) is 0 Å². The molecule has 84 valence electrons. The number of nitrogens with one attached hydrogen (secondary N) is 1. The fourth-order valence-corrected chi connectivity index (χ4v) is 1.77. The van der Waals surface area contributed by atoms with Crippen LogP contribution in [0.3, 0.4) is 0 Å². The fraction of sp³-hybridized carbons (Fsp3) is 0.846. The Hall–Kier alpha value is -0.460. The molecule has 0 spiro atoms. The summed E-state index contributed by atoms with van der Waals surface area (Å²) in [5, 5.41) is 3.64. The van der Waals surface area contributed by atoms with Gasteiger partial charge in [0.15, 0.2) is 0 Å². The van der Waals surface area contributed by atoms with Crippen LogP contribution in [-0.4, -0.2) is 5.54 Å². The number of hydrogen-bond donors (Lipinski definition) is 1. The van der Waals surface area contributed by atoms with Crippen LogP contribution < -0.4 is 5.32 Å². The maximum atomic E-state index is 3.64. The second-order valence-corrected chi connectivity index (χ2v) is 4.68. The van der Waals surface area contributed by atoms with Gasteiger partial charge in [-0.3, -0.25) is 0 Å². The zero-order chi connectivity index (χ0) is 11.0. The fourth-order valence-electron chi connectivity index (χ4n) is 1.77. The lowest BCUT2D eigenvalue weighted by Gasteiger charge is -2.28. The second kappa shape index (κ2) is 6.92. The van der Waals surface area contributed by atoms with E-state index in [-0.39, 0.29) is 5.54 Å². The maximum Gasteiger partial charge on any atom is 0.0314 e. The molecule has 0 aromatic heterocycles. The van der Waals surface area contributed by atoms with Gasteiger partial charge in [-0.1, -0.05) is 32.8 Å². The van der Waals surface area contributed by atoms with E-state index < -0.39 is 0 Å².